The van der Waals surface area contributed by atoms with Crippen LogP contribution in [0.15, 0.2) is 53.6 Å². The number of nitrogens with one attached hydrogen (secondary N) is 2. The van der Waals surface area contributed by atoms with Crippen LogP contribution in [-0.4, -0.2) is 52.5 Å². The number of aromatic nitrogens is 3. The number of hydrogen-bond donors (Lipinski definition) is 2. The first-order valence-corrected chi connectivity index (χ1v) is 11.7. The van der Waals surface area contributed by atoms with Gasteiger partial charge in [-0.25, -0.2) is 4.98 Å². The van der Waals surface area contributed by atoms with E-state index in [-0.39, 0.29) is 23.9 Å². The third-order valence-corrected chi connectivity index (χ3v) is 6.35. The summed E-state index contributed by atoms with van der Waals surface area (Å²) >= 11 is 0. The quantitative estimate of drug-likeness (QED) is 0.508. The third kappa shape index (κ3) is 5.51. The molecule has 3 heterocycles. The molecule has 1 atom stereocenters. The van der Waals surface area contributed by atoms with Gasteiger partial charge < -0.3 is 15.0 Å². The van der Waals surface area contributed by atoms with Crippen LogP contribution < -0.4 is 15.6 Å². The van der Waals surface area contributed by atoms with Gasteiger partial charge in [0.1, 0.15) is 11.6 Å². The summed E-state index contributed by atoms with van der Waals surface area (Å²) in [5.74, 6) is 1.25. The topological polar surface area (TPSA) is 100 Å². The van der Waals surface area contributed by atoms with E-state index in [4.69, 9.17) is 4.74 Å². The normalized spacial score (nSPS) is 14.6. The zero-order valence-corrected chi connectivity index (χ0v) is 19.7. The van der Waals surface area contributed by atoms with Gasteiger partial charge in [0, 0.05) is 47.7 Å². The number of carbonyl (C=O) groups excluding carboxylic acids is 1. The molecular weight excluding hydrogens is 430 g/mol. The van der Waals surface area contributed by atoms with Crippen LogP contribution >= 0.6 is 0 Å². The molecule has 1 amide bonds. The van der Waals surface area contributed by atoms with Gasteiger partial charge >= 0.3 is 0 Å². The monoisotopic (exact) mass is 461 g/mol. The van der Waals surface area contributed by atoms with E-state index in [1.54, 1.807) is 38.6 Å². The van der Waals surface area contributed by atoms with Crippen molar-refractivity contribution in [2.24, 2.45) is 0 Å². The second-order valence-corrected chi connectivity index (χ2v) is 8.52. The molecule has 1 aliphatic rings. The van der Waals surface area contributed by atoms with Gasteiger partial charge in [-0.2, -0.15) is 0 Å². The number of H-pyrrole nitrogens is 1. The van der Waals surface area contributed by atoms with Crippen molar-refractivity contribution >= 4 is 5.91 Å². The number of aromatic amines is 1. The van der Waals surface area contributed by atoms with Gasteiger partial charge in [0.25, 0.3) is 5.56 Å². The van der Waals surface area contributed by atoms with Crippen molar-refractivity contribution in [3.8, 4) is 17.1 Å². The molecule has 0 saturated carbocycles. The third-order valence-electron chi connectivity index (χ3n) is 6.35. The zero-order valence-electron chi connectivity index (χ0n) is 19.7. The lowest BCUT2D eigenvalue weighted by atomic mass is 10.0. The first-order chi connectivity index (χ1) is 16.6. The van der Waals surface area contributed by atoms with E-state index in [0.717, 1.165) is 42.8 Å². The SMILES string of the molecule is COc1ccccc1C(CNC(=O)CCc1c(C)nc(-c2ccncc2)[nH]c1=O)N1CCCC1. The minimum absolute atomic E-state index is 0.0500. The highest BCUT2D eigenvalue weighted by atomic mass is 16.5. The predicted molar refractivity (Wildman–Crippen MR) is 131 cm³/mol. The van der Waals surface area contributed by atoms with Crippen LogP contribution in [-0.2, 0) is 11.2 Å². The van der Waals surface area contributed by atoms with Gasteiger partial charge in [0.05, 0.1) is 13.2 Å². The van der Waals surface area contributed by atoms with E-state index in [1.165, 1.54) is 0 Å². The number of para-hydroxylation sites is 1. The van der Waals surface area contributed by atoms with Crippen LogP contribution in [0.25, 0.3) is 11.4 Å². The van der Waals surface area contributed by atoms with Gasteiger partial charge in [-0.05, 0) is 57.5 Å². The smallest absolute Gasteiger partial charge is 0.254 e. The molecule has 178 valence electrons. The Morgan fingerprint density at radius 1 is 1.18 bits per heavy atom. The average Bonchev–Trinajstić information content (AvgIpc) is 3.39. The Balaban J connectivity index is 1.41. The molecule has 8 nitrogen and oxygen atoms in total. The van der Waals surface area contributed by atoms with E-state index >= 15 is 0 Å². The predicted octanol–water partition coefficient (Wildman–Crippen LogP) is 3.03. The second kappa shape index (κ2) is 11.1. The van der Waals surface area contributed by atoms with E-state index in [2.05, 4.69) is 31.2 Å². The van der Waals surface area contributed by atoms with Crippen molar-refractivity contribution in [1.82, 2.24) is 25.2 Å². The molecule has 8 heteroatoms. The Morgan fingerprint density at radius 2 is 1.91 bits per heavy atom. The number of nitrogens with zero attached hydrogens (tertiary/aromatic N) is 3. The van der Waals surface area contributed by atoms with Crippen molar-refractivity contribution < 1.29 is 9.53 Å². The molecule has 0 bridgehead atoms. The summed E-state index contributed by atoms with van der Waals surface area (Å²) in [5.41, 5.74) is 2.83. The van der Waals surface area contributed by atoms with E-state index in [0.29, 0.717) is 30.0 Å². The number of rotatable bonds is 9. The number of pyridine rings is 1. The molecule has 0 radical (unpaired) electrons. The minimum Gasteiger partial charge on any atom is -0.496 e. The summed E-state index contributed by atoms with van der Waals surface area (Å²) in [6, 6.07) is 11.6. The maximum atomic E-state index is 12.7. The lowest BCUT2D eigenvalue weighted by molar-refractivity contribution is -0.121. The van der Waals surface area contributed by atoms with Crippen molar-refractivity contribution in [3.05, 3.63) is 76.0 Å². The molecule has 1 saturated heterocycles. The molecule has 1 unspecified atom stereocenters. The number of amides is 1. The lowest BCUT2D eigenvalue weighted by Gasteiger charge is -2.29. The number of likely N-dealkylation sites (tertiary alicyclic amines) is 1. The largest absolute Gasteiger partial charge is 0.496 e. The summed E-state index contributed by atoms with van der Waals surface area (Å²) in [4.78, 5) is 39.2. The molecule has 3 aromatic rings. The average molecular weight is 462 g/mol. The Labute approximate surface area is 199 Å². The van der Waals surface area contributed by atoms with E-state index in [1.807, 2.05) is 18.2 Å². The minimum atomic E-state index is -0.212. The van der Waals surface area contributed by atoms with Crippen LogP contribution in [0, 0.1) is 6.92 Å². The van der Waals surface area contributed by atoms with Crippen molar-refractivity contribution in [2.75, 3.05) is 26.7 Å². The zero-order chi connectivity index (χ0) is 23.9. The molecule has 2 N–H and O–H groups in total. The standard InChI is InChI=1S/C26H31N5O3/c1-18-20(26(33)30-25(29-18)19-11-13-27-14-12-19)9-10-24(32)28-17-22(31-15-5-6-16-31)21-7-3-4-8-23(21)34-2/h3-4,7-8,11-14,22H,5-6,9-10,15-17H2,1-2H3,(H,28,32)(H,29,30,33). The molecule has 34 heavy (non-hydrogen) atoms. The van der Waals surface area contributed by atoms with Crippen LogP contribution in [0.3, 0.4) is 0 Å². The molecule has 4 rings (SSSR count). The van der Waals surface area contributed by atoms with Crippen molar-refractivity contribution in [2.45, 2.75) is 38.6 Å². The van der Waals surface area contributed by atoms with Crippen LogP contribution in [0.5, 0.6) is 5.75 Å². The Bertz CT molecular complexity index is 1170. The summed E-state index contributed by atoms with van der Waals surface area (Å²) in [7, 11) is 1.67. The summed E-state index contributed by atoms with van der Waals surface area (Å²) in [5, 5.41) is 3.08. The summed E-state index contributed by atoms with van der Waals surface area (Å²) in [6.45, 7) is 4.30. The molecular formula is C26H31N5O3. The summed E-state index contributed by atoms with van der Waals surface area (Å²) in [6.07, 6.45) is 6.18. The molecule has 2 aromatic heterocycles. The van der Waals surface area contributed by atoms with Crippen molar-refractivity contribution in [1.29, 1.82) is 0 Å². The van der Waals surface area contributed by atoms with Gasteiger partial charge in [0.2, 0.25) is 5.91 Å². The van der Waals surface area contributed by atoms with Gasteiger partial charge in [-0.15, -0.1) is 0 Å². The van der Waals surface area contributed by atoms with Crippen LogP contribution in [0.4, 0.5) is 0 Å². The highest BCUT2D eigenvalue weighted by Gasteiger charge is 2.26. The number of aryl methyl sites for hydroxylation is 1. The first-order valence-electron chi connectivity index (χ1n) is 11.7. The molecule has 0 spiro atoms. The Hall–Kier alpha value is -3.52. The first kappa shape index (κ1) is 23.6. The lowest BCUT2D eigenvalue weighted by Crippen LogP contribution is -2.37. The van der Waals surface area contributed by atoms with Gasteiger partial charge in [-0.3, -0.25) is 19.5 Å². The van der Waals surface area contributed by atoms with Gasteiger partial charge in [0.15, 0.2) is 0 Å². The number of methoxy groups -OCH3 is 1. The fourth-order valence-corrected chi connectivity index (χ4v) is 4.52. The highest BCUT2D eigenvalue weighted by Crippen LogP contribution is 2.31. The molecule has 1 fully saturated rings. The van der Waals surface area contributed by atoms with Crippen molar-refractivity contribution in [3.63, 3.8) is 0 Å². The maximum Gasteiger partial charge on any atom is 0.254 e. The summed E-state index contributed by atoms with van der Waals surface area (Å²) < 4.78 is 5.58. The molecule has 0 aliphatic carbocycles. The van der Waals surface area contributed by atoms with E-state index < -0.39 is 0 Å². The van der Waals surface area contributed by atoms with Crippen LogP contribution in [0.2, 0.25) is 0 Å². The van der Waals surface area contributed by atoms with Crippen LogP contribution in [0.1, 0.15) is 42.1 Å². The number of carbonyl (C=O) groups is 1. The van der Waals surface area contributed by atoms with Gasteiger partial charge in [-0.1, -0.05) is 18.2 Å². The number of hydrogen-bond acceptors (Lipinski definition) is 6. The van der Waals surface area contributed by atoms with E-state index in [9.17, 15) is 9.59 Å². The highest BCUT2D eigenvalue weighted by molar-refractivity contribution is 5.76. The number of ether oxygens (including phenoxy) is 1. The second-order valence-electron chi connectivity index (χ2n) is 8.52. The molecule has 1 aliphatic heterocycles. The fourth-order valence-electron chi connectivity index (χ4n) is 4.52. The Morgan fingerprint density at radius 3 is 2.62 bits per heavy atom. The molecule has 1 aromatic carbocycles. The number of benzene rings is 1. The maximum absolute atomic E-state index is 12.7. The fraction of sp³-hybridized carbons (Fsp3) is 0.385. The Kier molecular flexibility index (Phi) is 7.69.